The van der Waals surface area contributed by atoms with Crippen LogP contribution in [0.15, 0.2) is 54.6 Å². The summed E-state index contributed by atoms with van der Waals surface area (Å²) in [4.78, 5) is 17.2. The van der Waals surface area contributed by atoms with E-state index >= 15 is 0 Å². The zero-order chi connectivity index (χ0) is 15.3. The first-order valence-electron chi connectivity index (χ1n) is 6.84. The summed E-state index contributed by atoms with van der Waals surface area (Å²) < 4.78 is 0. The second kappa shape index (κ2) is 6.41. The Morgan fingerprint density at radius 3 is 2.05 bits per heavy atom. The highest BCUT2D eigenvalue weighted by atomic mass is 16.7. The lowest BCUT2D eigenvalue weighted by Gasteiger charge is -2.19. The highest BCUT2D eigenvalue weighted by Gasteiger charge is 2.13. The molecule has 2 aromatic carbocycles. The minimum Gasteiger partial charge on any atom is -0.356 e. The van der Waals surface area contributed by atoms with Crippen molar-refractivity contribution in [3.8, 4) is 0 Å². The summed E-state index contributed by atoms with van der Waals surface area (Å²) in [5.74, 6) is -0.254. The molecule has 0 unspecified atom stereocenters. The molecule has 4 heteroatoms. The van der Waals surface area contributed by atoms with E-state index in [1.54, 1.807) is 12.1 Å². The number of anilines is 2. The predicted octanol–water partition coefficient (Wildman–Crippen LogP) is 3.89. The maximum absolute atomic E-state index is 11.9. The molecule has 0 fully saturated rings. The molecule has 0 aliphatic rings. The molecule has 0 aromatic heterocycles. The molecule has 0 aliphatic heterocycles. The maximum Gasteiger partial charge on any atom is 0.274 e. The topological polar surface area (TPSA) is 50.4 Å². The van der Waals surface area contributed by atoms with Crippen LogP contribution in [0.3, 0.4) is 0 Å². The second-order valence-electron chi connectivity index (χ2n) is 5.71. The molecule has 0 spiro atoms. The van der Waals surface area contributed by atoms with E-state index in [1.807, 2.05) is 63.2 Å². The lowest BCUT2D eigenvalue weighted by molar-refractivity contribution is -0.0589. The largest absolute Gasteiger partial charge is 0.356 e. The number of para-hydroxylation sites is 1. The van der Waals surface area contributed by atoms with Crippen molar-refractivity contribution in [1.82, 2.24) is 5.48 Å². The van der Waals surface area contributed by atoms with Gasteiger partial charge in [-0.15, -0.1) is 0 Å². The van der Waals surface area contributed by atoms with Gasteiger partial charge in [0.15, 0.2) is 0 Å². The number of hydrogen-bond donors (Lipinski definition) is 2. The zero-order valence-electron chi connectivity index (χ0n) is 12.5. The summed E-state index contributed by atoms with van der Waals surface area (Å²) in [5, 5.41) is 3.26. The van der Waals surface area contributed by atoms with Crippen LogP contribution in [0.25, 0.3) is 0 Å². The van der Waals surface area contributed by atoms with E-state index < -0.39 is 5.60 Å². The van der Waals surface area contributed by atoms with Gasteiger partial charge in [-0.25, -0.2) is 5.48 Å². The molecule has 2 aromatic rings. The van der Waals surface area contributed by atoms with Crippen LogP contribution in [0.2, 0.25) is 0 Å². The van der Waals surface area contributed by atoms with Gasteiger partial charge in [-0.1, -0.05) is 18.2 Å². The van der Waals surface area contributed by atoms with Gasteiger partial charge in [-0.2, -0.15) is 0 Å². The Hall–Kier alpha value is -2.33. The molecule has 0 bridgehead atoms. The first-order valence-corrected chi connectivity index (χ1v) is 6.84. The van der Waals surface area contributed by atoms with Crippen LogP contribution in [-0.2, 0) is 4.84 Å². The fourth-order valence-electron chi connectivity index (χ4n) is 1.65. The lowest BCUT2D eigenvalue weighted by Crippen LogP contribution is -2.33. The summed E-state index contributed by atoms with van der Waals surface area (Å²) in [7, 11) is 0. The average molecular weight is 284 g/mol. The Labute approximate surface area is 125 Å². The van der Waals surface area contributed by atoms with E-state index in [9.17, 15) is 4.79 Å². The standard InChI is InChI=1S/C17H20N2O2/c1-17(2,3)21-19-16(20)13-9-11-15(12-10-13)18-14-7-5-4-6-8-14/h4-12,18H,1-3H3,(H,19,20). The Balaban J connectivity index is 1.97. The van der Waals surface area contributed by atoms with E-state index in [2.05, 4.69) is 10.8 Å². The summed E-state index contributed by atoms with van der Waals surface area (Å²) in [6.07, 6.45) is 0. The van der Waals surface area contributed by atoms with Crippen molar-refractivity contribution in [2.24, 2.45) is 0 Å². The SMILES string of the molecule is CC(C)(C)ONC(=O)c1ccc(Nc2ccccc2)cc1. The summed E-state index contributed by atoms with van der Waals surface area (Å²) in [5.41, 5.74) is 4.52. The van der Waals surface area contributed by atoms with Gasteiger partial charge in [-0.05, 0) is 57.2 Å². The first kappa shape index (κ1) is 15.1. The van der Waals surface area contributed by atoms with Crippen LogP contribution < -0.4 is 10.8 Å². The molecule has 2 N–H and O–H groups in total. The molecular formula is C17H20N2O2. The number of hydrogen-bond acceptors (Lipinski definition) is 3. The fourth-order valence-corrected chi connectivity index (χ4v) is 1.65. The quantitative estimate of drug-likeness (QED) is 0.837. The van der Waals surface area contributed by atoms with Gasteiger partial charge in [0.25, 0.3) is 5.91 Å². The molecule has 1 amide bonds. The number of carbonyl (C=O) groups excluding carboxylic acids is 1. The summed E-state index contributed by atoms with van der Waals surface area (Å²) in [6, 6.07) is 17.1. The molecular weight excluding hydrogens is 264 g/mol. The molecule has 0 radical (unpaired) electrons. The third kappa shape index (κ3) is 4.93. The van der Waals surface area contributed by atoms with E-state index in [0.717, 1.165) is 11.4 Å². The van der Waals surface area contributed by atoms with Crippen molar-refractivity contribution < 1.29 is 9.63 Å². The average Bonchev–Trinajstić information content (AvgIpc) is 2.46. The smallest absolute Gasteiger partial charge is 0.274 e. The van der Waals surface area contributed by atoms with Gasteiger partial charge in [0.1, 0.15) is 0 Å². The second-order valence-corrected chi connectivity index (χ2v) is 5.71. The van der Waals surface area contributed by atoms with Gasteiger partial charge in [0.2, 0.25) is 0 Å². The molecule has 21 heavy (non-hydrogen) atoms. The van der Waals surface area contributed by atoms with Gasteiger partial charge >= 0.3 is 0 Å². The highest BCUT2D eigenvalue weighted by molar-refractivity contribution is 5.93. The van der Waals surface area contributed by atoms with Crippen LogP contribution in [0, 0.1) is 0 Å². The molecule has 0 atom stereocenters. The lowest BCUT2D eigenvalue weighted by atomic mass is 10.2. The van der Waals surface area contributed by atoms with Crippen molar-refractivity contribution in [2.45, 2.75) is 26.4 Å². The molecule has 0 aliphatic carbocycles. The van der Waals surface area contributed by atoms with Crippen LogP contribution in [-0.4, -0.2) is 11.5 Å². The number of carbonyl (C=O) groups is 1. The van der Waals surface area contributed by atoms with Crippen LogP contribution in [0.4, 0.5) is 11.4 Å². The van der Waals surface area contributed by atoms with E-state index in [-0.39, 0.29) is 5.91 Å². The van der Waals surface area contributed by atoms with E-state index in [4.69, 9.17) is 4.84 Å². The Morgan fingerprint density at radius 2 is 1.48 bits per heavy atom. The predicted molar refractivity (Wildman–Crippen MR) is 84.5 cm³/mol. The van der Waals surface area contributed by atoms with Gasteiger partial charge in [0.05, 0.1) is 5.60 Å². The van der Waals surface area contributed by atoms with Crippen molar-refractivity contribution >= 4 is 17.3 Å². The van der Waals surface area contributed by atoms with Crippen LogP contribution >= 0.6 is 0 Å². The number of nitrogens with one attached hydrogen (secondary N) is 2. The van der Waals surface area contributed by atoms with Gasteiger partial charge in [-0.3, -0.25) is 9.63 Å². The Bertz CT molecular complexity index is 586. The Morgan fingerprint density at radius 1 is 0.905 bits per heavy atom. The first-order chi connectivity index (χ1) is 9.94. The van der Waals surface area contributed by atoms with Gasteiger partial charge < -0.3 is 5.32 Å². The minimum atomic E-state index is -0.412. The molecule has 0 saturated heterocycles. The number of benzene rings is 2. The van der Waals surface area contributed by atoms with Gasteiger partial charge in [0, 0.05) is 16.9 Å². The van der Waals surface area contributed by atoms with Crippen molar-refractivity contribution in [2.75, 3.05) is 5.32 Å². The molecule has 0 heterocycles. The number of rotatable bonds is 4. The van der Waals surface area contributed by atoms with Crippen molar-refractivity contribution in [3.63, 3.8) is 0 Å². The van der Waals surface area contributed by atoms with E-state index in [0.29, 0.717) is 5.56 Å². The fraction of sp³-hybridized carbons (Fsp3) is 0.235. The third-order valence-corrected chi connectivity index (χ3v) is 2.66. The van der Waals surface area contributed by atoms with Crippen molar-refractivity contribution in [3.05, 3.63) is 60.2 Å². The normalized spacial score (nSPS) is 11.0. The highest BCUT2D eigenvalue weighted by Crippen LogP contribution is 2.16. The molecule has 110 valence electrons. The number of hydroxylamine groups is 1. The molecule has 0 saturated carbocycles. The van der Waals surface area contributed by atoms with E-state index in [1.165, 1.54) is 0 Å². The van der Waals surface area contributed by atoms with Crippen LogP contribution in [0.1, 0.15) is 31.1 Å². The maximum atomic E-state index is 11.9. The molecule has 4 nitrogen and oxygen atoms in total. The number of amides is 1. The minimum absolute atomic E-state index is 0.254. The van der Waals surface area contributed by atoms with Crippen molar-refractivity contribution in [1.29, 1.82) is 0 Å². The summed E-state index contributed by atoms with van der Waals surface area (Å²) in [6.45, 7) is 5.63. The monoisotopic (exact) mass is 284 g/mol. The van der Waals surface area contributed by atoms with Crippen LogP contribution in [0.5, 0.6) is 0 Å². The zero-order valence-corrected chi connectivity index (χ0v) is 12.5. The Kier molecular flexibility index (Phi) is 4.60. The summed E-state index contributed by atoms with van der Waals surface area (Å²) >= 11 is 0. The third-order valence-electron chi connectivity index (χ3n) is 2.66. The molecule has 2 rings (SSSR count).